The van der Waals surface area contributed by atoms with E-state index in [2.05, 4.69) is 5.32 Å². The van der Waals surface area contributed by atoms with E-state index in [1.54, 1.807) is 67.6 Å². The topological polar surface area (TPSA) is 86.8 Å². The minimum atomic E-state index is -4.11. The van der Waals surface area contributed by atoms with Crippen LogP contribution in [0, 0.1) is 20.8 Å². The van der Waals surface area contributed by atoms with Crippen LogP contribution in [0.4, 0.5) is 5.69 Å². The lowest BCUT2D eigenvalue weighted by atomic mass is 10.1. The van der Waals surface area contributed by atoms with Crippen molar-refractivity contribution in [1.29, 1.82) is 0 Å². The predicted molar refractivity (Wildman–Crippen MR) is 161 cm³/mol. The van der Waals surface area contributed by atoms with Crippen molar-refractivity contribution < 1.29 is 18.0 Å². The van der Waals surface area contributed by atoms with Crippen LogP contribution in [0.1, 0.15) is 49.4 Å². The van der Waals surface area contributed by atoms with Gasteiger partial charge in [0.1, 0.15) is 12.6 Å². The summed E-state index contributed by atoms with van der Waals surface area (Å²) < 4.78 is 29.1. The highest BCUT2D eigenvalue weighted by molar-refractivity contribution is 7.92. The maximum Gasteiger partial charge on any atom is 0.264 e. The highest BCUT2D eigenvalue weighted by atomic mass is 35.5. The highest BCUT2D eigenvalue weighted by Crippen LogP contribution is 2.27. The Labute approximate surface area is 243 Å². The van der Waals surface area contributed by atoms with Crippen molar-refractivity contribution in [3.05, 3.63) is 94.0 Å². The van der Waals surface area contributed by atoms with Gasteiger partial charge >= 0.3 is 0 Å². The van der Waals surface area contributed by atoms with Gasteiger partial charge in [-0.3, -0.25) is 13.9 Å². The fraction of sp³-hybridized carbons (Fsp3) is 0.355. The van der Waals surface area contributed by atoms with E-state index in [0.29, 0.717) is 10.7 Å². The first kappa shape index (κ1) is 31.2. The first-order chi connectivity index (χ1) is 18.8. The molecule has 2 amide bonds. The molecule has 0 aliphatic heterocycles. The number of nitrogens with one attached hydrogen (secondary N) is 1. The summed E-state index contributed by atoms with van der Waals surface area (Å²) in [7, 11) is -4.11. The number of anilines is 1. The minimum Gasteiger partial charge on any atom is -0.352 e. The summed E-state index contributed by atoms with van der Waals surface area (Å²) in [4.78, 5) is 28.7. The van der Waals surface area contributed by atoms with Gasteiger partial charge < -0.3 is 10.2 Å². The number of hydrogen-bond acceptors (Lipinski definition) is 4. The zero-order valence-corrected chi connectivity index (χ0v) is 25.5. The molecule has 0 bridgehead atoms. The quantitative estimate of drug-likeness (QED) is 0.309. The number of halogens is 1. The molecule has 0 heterocycles. The fourth-order valence-corrected chi connectivity index (χ4v) is 5.82. The zero-order chi connectivity index (χ0) is 29.6. The number of hydrogen-bond donors (Lipinski definition) is 1. The molecule has 3 aromatic rings. The summed E-state index contributed by atoms with van der Waals surface area (Å²) in [5.41, 5.74) is 3.80. The Bertz CT molecular complexity index is 1420. The smallest absolute Gasteiger partial charge is 0.264 e. The number of sulfonamides is 1. The number of aryl methyl sites for hydroxylation is 3. The Morgan fingerprint density at radius 1 is 0.875 bits per heavy atom. The first-order valence-corrected chi connectivity index (χ1v) is 15.2. The second-order valence-electron chi connectivity index (χ2n) is 10.3. The highest BCUT2D eigenvalue weighted by Gasteiger charge is 2.33. The molecule has 214 valence electrons. The van der Waals surface area contributed by atoms with Gasteiger partial charge in [-0.1, -0.05) is 54.4 Å². The van der Waals surface area contributed by atoms with E-state index in [4.69, 9.17) is 11.6 Å². The normalized spacial score (nSPS) is 12.9. The average molecular weight is 584 g/mol. The van der Waals surface area contributed by atoms with Crippen molar-refractivity contribution in [3.63, 3.8) is 0 Å². The lowest BCUT2D eigenvalue weighted by Crippen LogP contribution is -2.52. The lowest BCUT2D eigenvalue weighted by molar-refractivity contribution is -0.139. The summed E-state index contributed by atoms with van der Waals surface area (Å²) in [6, 6.07) is 18.0. The van der Waals surface area contributed by atoms with E-state index < -0.39 is 28.5 Å². The van der Waals surface area contributed by atoms with Crippen LogP contribution in [-0.2, 0) is 26.2 Å². The molecule has 40 heavy (non-hydrogen) atoms. The average Bonchev–Trinajstić information content (AvgIpc) is 2.90. The van der Waals surface area contributed by atoms with E-state index in [0.717, 1.165) is 33.0 Å². The van der Waals surface area contributed by atoms with Gasteiger partial charge in [-0.05, 0) is 94.1 Å². The lowest BCUT2D eigenvalue weighted by Gasteiger charge is -2.32. The molecule has 0 aliphatic rings. The molecule has 9 heteroatoms. The molecule has 0 saturated carbocycles. The van der Waals surface area contributed by atoms with E-state index in [1.807, 2.05) is 40.7 Å². The molecule has 0 fully saturated rings. The number of benzene rings is 3. The van der Waals surface area contributed by atoms with Gasteiger partial charge in [0, 0.05) is 17.6 Å². The molecule has 0 radical (unpaired) electrons. The second kappa shape index (κ2) is 13.3. The number of amides is 2. The molecule has 1 N–H and O–H groups in total. The van der Waals surface area contributed by atoms with Crippen molar-refractivity contribution in [2.24, 2.45) is 0 Å². The van der Waals surface area contributed by atoms with E-state index >= 15 is 0 Å². The molecule has 3 aromatic carbocycles. The fourth-order valence-electron chi connectivity index (χ4n) is 4.30. The maximum absolute atomic E-state index is 14.0. The van der Waals surface area contributed by atoms with Gasteiger partial charge in [-0.2, -0.15) is 0 Å². The first-order valence-electron chi connectivity index (χ1n) is 13.3. The minimum absolute atomic E-state index is 0.0730. The zero-order valence-electron chi connectivity index (χ0n) is 23.9. The van der Waals surface area contributed by atoms with Gasteiger partial charge in [0.15, 0.2) is 0 Å². The van der Waals surface area contributed by atoms with Gasteiger partial charge in [0.25, 0.3) is 10.0 Å². The van der Waals surface area contributed by atoms with E-state index in [1.165, 1.54) is 4.90 Å². The van der Waals surface area contributed by atoms with Gasteiger partial charge in [-0.15, -0.1) is 0 Å². The van der Waals surface area contributed by atoms with Crippen LogP contribution < -0.4 is 9.62 Å². The third kappa shape index (κ3) is 7.86. The van der Waals surface area contributed by atoms with Crippen molar-refractivity contribution in [1.82, 2.24) is 10.2 Å². The molecular weight excluding hydrogens is 546 g/mol. The standard InChI is InChI=1S/C31H38ClN3O4S/c1-7-24(5)33-31(37)25(6)34(19-26-10-12-27(32)13-11-26)30(36)20-35(28-17-22(3)16-23(4)18-28)40(38,39)29-14-8-21(2)9-15-29/h8-18,24-25H,7,19-20H2,1-6H3,(H,33,37). The predicted octanol–water partition coefficient (Wildman–Crippen LogP) is 5.79. The van der Waals surface area contributed by atoms with Crippen LogP contribution >= 0.6 is 11.6 Å². The number of nitrogens with zero attached hydrogens (tertiary/aromatic N) is 2. The molecule has 0 spiro atoms. The molecule has 2 unspecified atom stereocenters. The molecular formula is C31H38ClN3O4S. The van der Waals surface area contributed by atoms with Crippen LogP contribution in [-0.4, -0.2) is 43.8 Å². The largest absolute Gasteiger partial charge is 0.352 e. The van der Waals surface area contributed by atoms with Crippen molar-refractivity contribution in [3.8, 4) is 0 Å². The molecule has 0 saturated heterocycles. The van der Waals surface area contributed by atoms with Crippen LogP contribution in [0.5, 0.6) is 0 Å². The summed E-state index contributed by atoms with van der Waals surface area (Å²) in [6.45, 7) is 10.8. The number of rotatable bonds is 11. The summed E-state index contributed by atoms with van der Waals surface area (Å²) in [5.74, 6) is -0.812. The summed E-state index contributed by atoms with van der Waals surface area (Å²) >= 11 is 6.06. The Kier molecular flexibility index (Phi) is 10.4. The van der Waals surface area contributed by atoms with Crippen molar-refractivity contribution in [2.75, 3.05) is 10.8 Å². The van der Waals surface area contributed by atoms with E-state index in [9.17, 15) is 18.0 Å². The maximum atomic E-state index is 14.0. The number of carbonyl (C=O) groups excluding carboxylic acids is 2. The van der Waals surface area contributed by atoms with Crippen LogP contribution in [0.2, 0.25) is 5.02 Å². The SMILES string of the molecule is CCC(C)NC(=O)C(C)N(Cc1ccc(Cl)cc1)C(=O)CN(c1cc(C)cc(C)c1)S(=O)(=O)c1ccc(C)cc1. The van der Waals surface area contributed by atoms with Gasteiger partial charge in [0.05, 0.1) is 10.6 Å². The molecule has 3 rings (SSSR count). The monoisotopic (exact) mass is 583 g/mol. The number of carbonyl (C=O) groups is 2. The Morgan fingerprint density at radius 2 is 1.45 bits per heavy atom. The van der Waals surface area contributed by atoms with Crippen LogP contribution in [0.15, 0.2) is 71.6 Å². The summed E-state index contributed by atoms with van der Waals surface area (Å²) in [5, 5.41) is 3.49. The van der Waals surface area contributed by atoms with Crippen LogP contribution in [0.25, 0.3) is 0 Å². The van der Waals surface area contributed by atoms with E-state index in [-0.39, 0.29) is 23.4 Å². The van der Waals surface area contributed by atoms with Gasteiger partial charge in [-0.25, -0.2) is 8.42 Å². The second-order valence-corrected chi connectivity index (χ2v) is 12.6. The molecule has 7 nitrogen and oxygen atoms in total. The van der Waals surface area contributed by atoms with Crippen molar-refractivity contribution >= 4 is 39.1 Å². The van der Waals surface area contributed by atoms with Gasteiger partial charge in [0.2, 0.25) is 11.8 Å². The van der Waals surface area contributed by atoms with Crippen molar-refractivity contribution in [2.45, 2.75) is 71.5 Å². The summed E-state index contributed by atoms with van der Waals surface area (Å²) in [6.07, 6.45) is 0.735. The third-order valence-corrected chi connectivity index (χ3v) is 8.86. The third-order valence-electron chi connectivity index (χ3n) is 6.82. The molecule has 0 aromatic heterocycles. The molecule has 0 aliphatic carbocycles. The molecule has 2 atom stereocenters. The Morgan fingerprint density at radius 3 is 2.00 bits per heavy atom. The van der Waals surface area contributed by atoms with Crippen LogP contribution in [0.3, 0.4) is 0 Å². The Balaban J connectivity index is 2.05. The Hall–Kier alpha value is -3.36.